The molecule has 1 unspecified atom stereocenters. The molecule has 0 radical (unpaired) electrons. The van der Waals surface area contributed by atoms with Crippen molar-refractivity contribution in [3.05, 3.63) is 24.3 Å². The number of aliphatic hydroxyl groups excluding tert-OH is 1. The van der Waals surface area contributed by atoms with Crippen LogP contribution in [0.1, 0.15) is 33.1 Å². The lowest BCUT2D eigenvalue weighted by atomic mass is 9.97. The Morgan fingerprint density at radius 2 is 1.90 bits per heavy atom. The van der Waals surface area contributed by atoms with Crippen LogP contribution in [0.2, 0.25) is 0 Å². The number of hydrogen-bond acceptors (Lipinski definition) is 3. The first kappa shape index (κ1) is 16.1. The first-order chi connectivity index (χ1) is 10.1. The molecular weight excluding hydrogens is 266 g/mol. The first-order valence-corrected chi connectivity index (χ1v) is 7.90. The molecule has 0 aromatic heterocycles. The molecule has 4 nitrogen and oxygen atoms in total. The maximum Gasteiger partial charge on any atom is 0.137 e. The molecule has 1 aromatic carbocycles. The Kier molecular flexibility index (Phi) is 5.88. The van der Waals surface area contributed by atoms with E-state index in [4.69, 9.17) is 9.47 Å². The second kappa shape index (κ2) is 7.66. The second-order valence-corrected chi connectivity index (χ2v) is 6.16. The minimum Gasteiger partial charge on any atom is -0.497 e. The van der Waals surface area contributed by atoms with Gasteiger partial charge in [0.15, 0.2) is 0 Å². The highest BCUT2D eigenvalue weighted by Gasteiger charge is 2.30. The van der Waals surface area contributed by atoms with E-state index in [0.29, 0.717) is 18.7 Å². The van der Waals surface area contributed by atoms with E-state index in [9.17, 15) is 5.11 Å². The number of quaternary nitrogens is 1. The van der Waals surface area contributed by atoms with E-state index in [1.54, 1.807) is 7.11 Å². The maximum atomic E-state index is 10.2. The van der Waals surface area contributed by atoms with Gasteiger partial charge in [-0.05, 0) is 45.2 Å². The van der Waals surface area contributed by atoms with Gasteiger partial charge in [-0.25, -0.2) is 0 Å². The quantitative estimate of drug-likeness (QED) is 0.831. The van der Waals surface area contributed by atoms with Gasteiger partial charge in [-0.2, -0.15) is 0 Å². The molecular formula is C17H28NO3+. The van der Waals surface area contributed by atoms with E-state index in [-0.39, 0.29) is 0 Å². The monoisotopic (exact) mass is 294 g/mol. The number of ether oxygens (including phenoxy) is 2. The summed E-state index contributed by atoms with van der Waals surface area (Å²) in [7, 11) is 1.64. The van der Waals surface area contributed by atoms with E-state index in [2.05, 4.69) is 13.8 Å². The number of nitrogens with one attached hydrogen (secondary N) is 1. The maximum absolute atomic E-state index is 10.2. The van der Waals surface area contributed by atoms with Crippen molar-refractivity contribution in [3.63, 3.8) is 0 Å². The SMILES string of the molecule is COc1cccc(OC[C@@H](O)C[NH+]2[C@H](C)CCC[C@@H]2C)c1. The van der Waals surface area contributed by atoms with Gasteiger partial charge in [-0.15, -0.1) is 0 Å². The third-order valence-corrected chi connectivity index (χ3v) is 4.50. The Hall–Kier alpha value is -1.26. The molecule has 1 fully saturated rings. The Morgan fingerprint density at radius 1 is 1.24 bits per heavy atom. The molecule has 1 saturated heterocycles. The van der Waals surface area contributed by atoms with Gasteiger partial charge in [0, 0.05) is 6.07 Å². The number of methoxy groups -OCH3 is 1. The van der Waals surface area contributed by atoms with Crippen LogP contribution in [0, 0.1) is 0 Å². The van der Waals surface area contributed by atoms with Crippen molar-refractivity contribution in [1.82, 2.24) is 0 Å². The number of benzene rings is 1. The highest BCUT2D eigenvalue weighted by atomic mass is 16.5. The Bertz CT molecular complexity index is 428. The van der Waals surface area contributed by atoms with Crippen molar-refractivity contribution in [2.45, 2.75) is 51.3 Å². The Morgan fingerprint density at radius 3 is 2.57 bits per heavy atom. The van der Waals surface area contributed by atoms with Gasteiger partial charge < -0.3 is 19.5 Å². The van der Waals surface area contributed by atoms with Gasteiger partial charge in [-0.1, -0.05) is 6.07 Å². The molecule has 1 aromatic rings. The first-order valence-electron chi connectivity index (χ1n) is 7.90. The van der Waals surface area contributed by atoms with Crippen LogP contribution < -0.4 is 14.4 Å². The lowest BCUT2D eigenvalue weighted by Crippen LogP contribution is -3.20. The summed E-state index contributed by atoms with van der Waals surface area (Å²) in [5.41, 5.74) is 0. The highest BCUT2D eigenvalue weighted by molar-refractivity contribution is 5.32. The number of hydrogen-bond donors (Lipinski definition) is 2. The molecule has 2 N–H and O–H groups in total. The predicted octanol–water partition coefficient (Wildman–Crippen LogP) is 1.28. The van der Waals surface area contributed by atoms with E-state index in [1.807, 2.05) is 24.3 Å². The van der Waals surface area contributed by atoms with E-state index < -0.39 is 6.10 Å². The third kappa shape index (κ3) is 4.61. The van der Waals surface area contributed by atoms with Gasteiger partial charge in [0.1, 0.15) is 30.8 Å². The normalized spacial score (nSPS) is 27.1. The van der Waals surface area contributed by atoms with Crippen LogP contribution in [0.25, 0.3) is 0 Å². The number of piperidine rings is 1. The molecule has 1 aliphatic heterocycles. The largest absolute Gasteiger partial charge is 0.497 e. The van der Waals surface area contributed by atoms with Crippen molar-refractivity contribution in [2.75, 3.05) is 20.3 Å². The zero-order valence-electron chi connectivity index (χ0n) is 13.3. The molecule has 0 saturated carbocycles. The standard InChI is InChI=1S/C17H27NO3/c1-13-6-4-7-14(2)18(13)11-15(19)12-21-17-9-5-8-16(10-17)20-3/h5,8-10,13-15,19H,4,6-7,11-12H2,1-3H3/p+1/t13-,14+,15-/m0/s1. The minimum atomic E-state index is -0.436. The predicted molar refractivity (Wildman–Crippen MR) is 83.1 cm³/mol. The van der Waals surface area contributed by atoms with Crippen LogP contribution in [0.4, 0.5) is 0 Å². The molecule has 1 aliphatic rings. The van der Waals surface area contributed by atoms with Crippen LogP contribution in [-0.4, -0.2) is 43.6 Å². The van der Waals surface area contributed by atoms with Crippen LogP contribution >= 0.6 is 0 Å². The van der Waals surface area contributed by atoms with Gasteiger partial charge in [0.25, 0.3) is 0 Å². The van der Waals surface area contributed by atoms with E-state index >= 15 is 0 Å². The fourth-order valence-corrected chi connectivity index (χ4v) is 3.20. The Balaban J connectivity index is 1.82. The van der Waals surface area contributed by atoms with Crippen molar-refractivity contribution in [2.24, 2.45) is 0 Å². The molecule has 4 heteroatoms. The highest BCUT2D eigenvalue weighted by Crippen LogP contribution is 2.18. The van der Waals surface area contributed by atoms with Crippen LogP contribution in [0.15, 0.2) is 24.3 Å². The van der Waals surface area contributed by atoms with Crippen LogP contribution in [-0.2, 0) is 0 Å². The smallest absolute Gasteiger partial charge is 0.137 e. The van der Waals surface area contributed by atoms with Crippen molar-refractivity contribution in [1.29, 1.82) is 0 Å². The van der Waals surface area contributed by atoms with Crippen molar-refractivity contribution in [3.8, 4) is 11.5 Å². The summed E-state index contributed by atoms with van der Waals surface area (Å²) in [4.78, 5) is 1.50. The molecule has 0 bridgehead atoms. The molecule has 1 heterocycles. The lowest BCUT2D eigenvalue weighted by Gasteiger charge is -2.36. The third-order valence-electron chi connectivity index (χ3n) is 4.50. The second-order valence-electron chi connectivity index (χ2n) is 6.16. The summed E-state index contributed by atoms with van der Waals surface area (Å²) in [6, 6.07) is 8.74. The van der Waals surface area contributed by atoms with Gasteiger partial charge >= 0.3 is 0 Å². The van der Waals surface area contributed by atoms with Gasteiger partial charge in [-0.3, -0.25) is 0 Å². The average molecular weight is 294 g/mol. The number of likely N-dealkylation sites (tertiary alicyclic amines) is 1. The summed E-state index contributed by atoms with van der Waals surface area (Å²) in [5, 5.41) is 10.2. The fourth-order valence-electron chi connectivity index (χ4n) is 3.20. The Labute approximate surface area is 127 Å². The summed E-state index contributed by atoms with van der Waals surface area (Å²) in [6.45, 7) is 5.64. The zero-order chi connectivity index (χ0) is 15.2. The fraction of sp³-hybridized carbons (Fsp3) is 0.647. The molecule has 4 atom stereocenters. The van der Waals surface area contributed by atoms with Crippen LogP contribution in [0.5, 0.6) is 11.5 Å². The molecule has 0 amide bonds. The molecule has 2 rings (SSSR count). The summed E-state index contributed by atoms with van der Waals surface area (Å²) >= 11 is 0. The van der Waals surface area contributed by atoms with E-state index in [1.165, 1.54) is 24.2 Å². The van der Waals surface area contributed by atoms with Crippen molar-refractivity contribution >= 4 is 0 Å². The molecule has 21 heavy (non-hydrogen) atoms. The summed E-state index contributed by atoms with van der Waals surface area (Å²) < 4.78 is 10.8. The summed E-state index contributed by atoms with van der Waals surface area (Å²) in [5.74, 6) is 1.51. The van der Waals surface area contributed by atoms with Crippen molar-refractivity contribution < 1.29 is 19.5 Å². The van der Waals surface area contributed by atoms with Crippen LogP contribution in [0.3, 0.4) is 0 Å². The van der Waals surface area contributed by atoms with Gasteiger partial charge in [0.2, 0.25) is 0 Å². The molecule has 0 spiro atoms. The number of rotatable bonds is 6. The zero-order valence-corrected chi connectivity index (χ0v) is 13.3. The lowest BCUT2D eigenvalue weighted by molar-refractivity contribution is -0.954. The number of aliphatic hydroxyl groups is 1. The summed E-state index contributed by atoms with van der Waals surface area (Å²) in [6.07, 6.45) is 3.38. The topological polar surface area (TPSA) is 43.1 Å². The molecule has 118 valence electrons. The van der Waals surface area contributed by atoms with E-state index in [0.717, 1.165) is 18.0 Å². The minimum absolute atomic E-state index is 0.329. The van der Waals surface area contributed by atoms with Gasteiger partial charge in [0.05, 0.1) is 19.2 Å². The molecule has 0 aliphatic carbocycles. The average Bonchev–Trinajstić information content (AvgIpc) is 2.49.